The molecule has 25 heavy (non-hydrogen) atoms. The lowest BCUT2D eigenvalue weighted by Gasteiger charge is -2.09. The molecule has 3 aromatic carbocycles. The molecule has 0 atom stereocenters. The third kappa shape index (κ3) is 4.77. The van der Waals surface area contributed by atoms with Gasteiger partial charge in [-0.05, 0) is 64.8 Å². The number of halogens is 2. The molecular formula is C21H17BrFNO. The maximum Gasteiger partial charge on any atom is 0.134 e. The molecule has 0 amide bonds. The number of rotatable bonds is 5. The summed E-state index contributed by atoms with van der Waals surface area (Å²) in [5, 5.41) is 0. The first kappa shape index (κ1) is 17.4. The number of hydrogen-bond acceptors (Lipinski definition) is 2. The van der Waals surface area contributed by atoms with Gasteiger partial charge in [-0.1, -0.05) is 35.9 Å². The third-order valence-electron chi connectivity index (χ3n) is 3.69. The zero-order valence-corrected chi connectivity index (χ0v) is 15.3. The van der Waals surface area contributed by atoms with Gasteiger partial charge >= 0.3 is 0 Å². The first-order valence-electron chi connectivity index (χ1n) is 7.88. The molecule has 0 aliphatic heterocycles. The summed E-state index contributed by atoms with van der Waals surface area (Å²) in [6.07, 6.45) is 1.80. The third-order valence-corrected chi connectivity index (χ3v) is 4.31. The second-order valence-electron chi connectivity index (χ2n) is 5.66. The van der Waals surface area contributed by atoms with Crippen LogP contribution < -0.4 is 4.74 Å². The molecule has 2 nitrogen and oxygen atoms in total. The van der Waals surface area contributed by atoms with Crippen LogP contribution in [0.3, 0.4) is 0 Å². The van der Waals surface area contributed by atoms with Gasteiger partial charge < -0.3 is 4.74 Å². The summed E-state index contributed by atoms with van der Waals surface area (Å²) in [6, 6.07) is 20.3. The van der Waals surface area contributed by atoms with Crippen molar-refractivity contribution >= 4 is 27.8 Å². The Morgan fingerprint density at radius 2 is 1.80 bits per heavy atom. The van der Waals surface area contributed by atoms with Crippen LogP contribution in [-0.4, -0.2) is 6.21 Å². The molecule has 0 spiro atoms. The predicted molar refractivity (Wildman–Crippen MR) is 103 cm³/mol. The maximum atomic E-state index is 13.6. The minimum Gasteiger partial charge on any atom is -0.488 e. The fourth-order valence-corrected chi connectivity index (χ4v) is 2.78. The van der Waals surface area contributed by atoms with Gasteiger partial charge in [0.05, 0.1) is 10.2 Å². The molecule has 0 saturated carbocycles. The van der Waals surface area contributed by atoms with Crippen LogP contribution in [0.2, 0.25) is 0 Å². The van der Waals surface area contributed by atoms with Crippen molar-refractivity contribution in [1.82, 2.24) is 0 Å². The van der Waals surface area contributed by atoms with Gasteiger partial charge in [-0.3, -0.25) is 4.99 Å². The van der Waals surface area contributed by atoms with Crippen molar-refractivity contribution in [2.75, 3.05) is 0 Å². The topological polar surface area (TPSA) is 21.6 Å². The van der Waals surface area contributed by atoms with Gasteiger partial charge in [0.1, 0.15) is 18.2 Å². The molecule has 3 aromatic rings. The van der Waals surface area contributed by atoms with Crippen LogP contribution in [0.4, 0.5) is 10.1 Å². The Kier molecular flexibility index (Phi) is 5.61. The lowest BCUT2D eigenvalue weighted by molar-refractivity contribution is 0.298. The summed E-state index contributed by atoms with van der Waals surface area (Å²) in [5.41, 5.74) is 3.59. The van der Waals surface area contributed by atoms with Gasteiger partial charge in [-0.25, -0.2) is 4.39 Å². The summed E-state index contributed by atoms with van der Waals surface area (Å²) < 4.78 is 20.1. The van der Waals surface area contributed by atoms with Crippen LogP contribution in [0, 0.1) is 12.7 Å². The molecule has 0 heterocycles. The number of hydrogen-bond donors (Lipinski definition) is 0. The van der Waals surface area contributed by atoms with Crippen molar-refractivity contribution in [3.63, 3.8) is 0 Å². The summed E-state index contributed by atoms with van der Waals surface area (Å²) in [7, 11) is 0. The summed E-state index contributed by atoms with van der Waals surface area (Å²) in [6.45, 7) is 2.23. The van der Waals surface area contributed by atoms with Crippen LogP contribution >= 0.6 is 15.9 Å². The monoisotopic (exact) mass is 397 g/mol. The van der Waals surface area contributed by atoms with Crippen molar-refractivity contribution < 1.29 is 9.13 Å². The highest BCUT2D eigenvalue weighted by Crippen LogP contribution is 2.27. The van der Waals surface area contributed by atoms with Gasteiger partial charge in [0.2, 0.25) is 0 Å². The molecule has 0 aliphatic rings. The van der Waals surface area contributed by atoms with Gasteiger partial charge in [0, 0.05) is 11.8 Å². The van der Waals surface area contributed by atoms with Crippen LogP contribution in [0.5, 0.6) is 5.75 Å². The molecular weight excluding hydrogens is 381 g/mol. The smallest absolute Gasteiger partial charge is 0.134 e. The lowest BCUT2D eigenvalue weighted by atomic mass is 10.2. The van der Waals surface area contributed by atoms with Crippen molar-refractivity contribution in [2.24, 2.45) is 4.99 Å². The zero-order chi connectivity index (χ0) is 17.6. The number of benzene rings is 3. The van der Waals surface area contributed by atoms with E-state index in [2.05, 4.69) is 20.9 Å². The van der Waals surface area contributed by atoms with E-state index >= 15 is 0 Å². The fourth-order valence-electron chi connectivity index (χ4n) is 2.27. The number of ether oxygens (including phenoxy) is 1. The number of nitrogens with zero attached hydrogens (tertiary/aromatic N) is 1. The van der Waals surface area contributed by atoms with E-state index < -0.39 is 0 Å². The van der Waals surface area contributed by atoms with Gasteiger partial charge in [-0.2, -0.15) is 0 Å². The van der Waals surface area contributed by atoms with Gasteiger partial charge in [0.15, 0.2) is 0 Å². The molecule has 0 bridgehead atoms. The van der Waals surface area contributed by atoms with Crippen molar-refractivity contribution in [1.29, 1.82) is 0 Å². The molecule has 0 unspecified atom stereocenters. The Morgan fingerprint density at radius 3 is 2.52 bits per heavy atom. The molecule has 4 heteroatoms. The van der Waals surface area contributed by atoms with Crippen LogP contribution in [0.25, 0.3) is 0 Å². The van der Waals surface area contributed by atoms with E-state index in [1.165, 1.54) is 11.6 Å². The minimum absolute atomic E-state index is 0.183. The Bertz CT molecular complexity index is 891. The van der Waals surface area contributed by atoms with E-state index in [0.29, 0.717) is 11.3 Å². The second kappa shape index (κ2) is 8.08. The summed E-state index contributed by atoms with van der Waals surface area (Å²) in [4.78, 5) is 4.46. The van der Waals surface area contributed by atoms with Crippen molar-refractivity contribution in [3.05, 3.63) is 93.7 Å². The van der Waals surface area contributed by atoms with Gasteiger partial charge in [-0.15, -0.1) is 0 Å². The number of aryl methyl sites for hydroxylation is 1. The second-order valence-corrected chi connectivity index (χ2v) is 6.52. The SMILES string of the molecule is Cc1ccc(N=Cc2ccc(OCc3ccccc3F)c(Br)c2)cc1. The molecule has 126 valence electrons. The summed E-state index contributed by atoms with van der Waals surface area (Å²) in [5.74, 6) is 0.399. The Hall–Kier alpha value is -2.46. The Labute approximate surface area is 155 Å². The molecule has 0 aromatic heterocycles. The van der Waals surface area contributed by atoms with Crippen molar-refractivity contribution in [2.45, 2.75) is 13.5 Å². The molecule has 3 rings (SSSR count). The minimum atomic E-state index is -0.263. The molecule has 0 N–H and O–H groups in total. The summed E-state index contributed by atoms with van der Waals surface area (Å²) >= 11 is 3.49. The van der Waals surface area contributed by atoms with E-state index in [9.17, 15) is 4.39 Å². The number of aliphatic imine (C=N–C) groups is 1. The lowest BCUT2D eigenvalue weighted by Crippen LogP contribution is -1.99. The highest BCUT2D eigenvalue weighted by molar-refractivity contribution is 9.10. The molecule has 0 radical (unpaired) electrons. The quantitative estimate of drug-likeness (QED) is 0.467. The Morgan fingerprint density at radius 1 is 1.04 bits per heavy atom. The highest BCUT2D eigenvalue weighted by atomic mass is 79.9. The average molecular weight is 398 g/mol. The highest BCUT2D eigenvalue weighted by Gasteiger charge is 2.05. The first-order valence-corrected chi connectivity index (χ1v) is 8.67. The van der Waals surface area contributed by atoms with E-state index in [1.807, 2.05) is 49.4 Å². The van der Waals surface area contributed by atoms with E-state index in [0.717, 1.165) is 15.7 Å². The largest absolute Gasteiger partial charge is 0.488 e. The Balaban J connectivity index is 1.68. The maximum absolute atomic E-state index is 13.6. The van der Waals surface area contributed by atoms with Crippen LogP contribution in [0.15, 0.2) is 76.2 Å². The van der Waals surface area contributed by atoms with E-state index in [1.54, 1.807) is 24.4 Å². The molecule has 0 aliphatic carbocycles. The normalized spacial score (nSPS) is 11.0. The average Bonchev–Trinajstić information content (AvgIpc) is 2.62. The molecule has 0 fully saturated rings. The van der Waals surface area contributed by atoms with E-state index in [-0.39, 0.29) is 12.4 Å². The first-order chi connectivity index (χ1) is 12.1. The predicted octanol–water partition coefficient (Wildman–Crippen LogP) is 6.23. The standard InChI is InChI=1S/C21H17BrFNO/c1-15-6-9-18(10-7-15)24-13-16-8-11-21(19(22)12-16)25-14-17-4-2-3-5-20(17)23/h2-13H,14H2,1H3. The van der Waals surface area contributed by atoms with Gasteiger partial charge in [0.25, 0.3) is 0 Å². The van der Waals surface area contributed by atoms with Crippen molar-refractivity contribution in [3.8, 4) is 5.75 Å². The molecule has 0 saturated heterocycles. The van der Waals surface area contributed by atoms with Crippen LogP contribution in [0.1, 0.15) is 16.7 Å². The van der Waals surface area contributed by atoms with Crippen LogP contribution in [-0.2, 0) is 6.61 Å². The zero-order valence-electron chi connectivity index (χ0n) is 13.7. The van der Waals surface area contributed by atoms with E-state index in [4.69, 9.17) is 4.74 Å². The fraction of sp³-hybridized carbons (Fsp3) is 0.0952.